The van der Waals surface area contributed by atoms with Crippen LogP contribution >= 0.6 is 0 Å². The summed E-state index contributed by atoms with van der Waals surface area (Å²) < 4.78 is 31.0. The molecule has 0 amide bonds. The lowest BCUT2D eigenvalue weighted by Gasteiger charge is -2.52. The minimum absolute atomic E-state index is 0.240. The van der Waals surface area contributed by atoms with E-state index in [1.165, 1.54) is 6.07 Å². The SMILES string of the molecule is CCC12C=CC1(CC)[n+]1c(C)cccc1-c1c(F)cc(F)cc12. The van der Waals surface area contributed by atoms with Crippen molar-refractivity contribution < 1.29 is 13.3 Å². The van der Waals surface area contributed by atoms with Gasteiger partial charge in [0, 0.05) is 31.5 Å². The third kappa shape index (κ3) is 1.48. The van der Waals surface area contributed by atoms with Gasteiger partial charge in [0.15, 0.2) is 11.2 Å². The number of aryl methyl sites for hydroxylation is 1. The van der Waals surface area contributed by atoms with Crippen LogP contribution in [0.3, 0.4) is 0 Å². The van der Waals surface area contributed by atoms with Crippen molar-refractivity contribution in [2.24, 2.45) is 0 Å². The Labute approximate surface area is 135 Å². The van der Waals surface area contributed by atoms with Gasteiger partial charge in [-0.3, -0.25) is 0 Å². The summed E-state index contributed by atoms with van der Waals surface area (Å²) >= 11 is 0. The Morgan fingerprint density at radius 3 is 2.43 bits per heavy atom. The van der Waals surface area contributed by atoms with Crippen molar-refractivity contribution in [3.05, 3.63) is 65.4 Å². The van der Waals surface area contributed by atoms with Gasteiger partial charge in [-0.05, 0) is 30.2 Å². The molecule has 2 heterocycles. The van der Waals surface area contributed by atoms with Gasteiger partial charge in [0.2, 0.25) is 5.69 Å². The predicted molar refractivity (Wildman–Crippen MR) is 86.1 cm³/mol. The Morgan fingerprint density at radius 2 is 1.83 bits per heavy atom. The number of benzene rings is 1. The van der Waals surface area contributed by atoms with Gasteiger partial charge in [0.25, 0.3) is 0 Å². The van der Waals surface area contributed by atoms with Crippen molar-refractivity contribution >= 4 is 0 Å². The second-order valence-electron chi connectivity index (χ2n) is 6.63. The minimum Gasteiger partial charge on any atom is -0.207 e. The molecule has 0 radical (unpaired) electrons. The molecule has 0 bridgehead atoms. The third-order valence-corrected chi connectivity index (χ3v) is 5.89. The molecule has 118 valence electrons. The lowest BCUT2D eigenvalue weighted by molar-refractivity contribution is -0.764. The summed E-state index contributed by atoms with van der Waals surface area (Å²) in [6, 6.07) is 8.46. The molecule has 3 heteroatoms. The van der Waals surface area contributed by atoms with E-state index >= 15 is 0 Å². The molecule has 2 atom stereocenters. The highest BCUT2D eigenvalue weighted by atomic mass is 19.1. The minimum atomic E-state index is -0.500. The average Bonchev–Trinajstić information content (AvgIpc) is 2.49. The van der Waals surface area contributed by atoms with Crippen LogP contribution < -0.4 is 4.57 Å². The third-order valence-electron chi connectivity index (χ3n) is 5.89. The summed E-state index contributed by atoms with van der Waals surface area (Å²) in [7, 11) is 0. The maximum atomic E-state index is 14.7. The maximum Gasteiger partial charge on any atom is 0.216 e. The van der Waals surface area contributed by atoms with Crippen molar-refractivity contribution in [2.45, 2.75) is 44.6 Å². The molecule has 2 unspecified atom stereocenters. The molecule has 0 saturated heterocycles. The highest BCUT2D eigenvalue weighted by Crippen LogP contribution is 2.57. The fourth-order valence-corrected chi connectivity index (χ4v) is 4.81. The number of rotatable bonds is 2. The molecule has 1 aliphatic carbocycles. The van der Waals surface area contributed by atoms with E-state index in [-0.39, 0.29) is 11.0 Å². The van der Waals surface area contributed by atoms with Gasteiger partial charge >= 0.3 is 0 Å². The van der Waals surface area contributed by atoms with E-state index < -0.39 is 11.6 Å². The molecule has 2 aliphatic rings. The zero-order valence-electron chi connectivity index (χ0n) is 13.7. The molecular weight excluding hydrogens is 292 g/mol. The molecule has 0 fully saturated rings. The van der Waals surface area contributed by atoms with Crippen LogP contribution in [0.4, 0.5) is 8.78 Å². The number of aromatic nitrogens is 1. The molecule has 1 nitrogen and oxygen atoms in total. The summed E-state index contributed by atoms with van der Waals surface area (Å²) in [6.45, 7) is 6.31. The highest BCUT2D eigenvalue weighted by Gasteiger charge is 2.65. The summed E-state index contributed by atoms with van der Waals surface area (Å²) in [4.78, 5) is 0. The molecule has 1 aromatic heterocycles. The van der Waals surface area contributed by atoms with Crippen molar-refractivity contribution in [2.75, 3.05) is 0 Å². The molecule has 2 aromatic rings. The molecular formula is C20H20F2N+. The summed E-state index contributed by atoms with van der Waals surface area (Å²) in [6.07, 6.45) is 6.04. The van der Waals surface area contributed by atoms with Crippen LogP contribution in [-0.2, 0) is 11.0 Å². The fourth-order valence-electron chi connectivity index (χ4n) is 4.81. The van der Waals surface area contributed by atoms with E-state index in [0.717, 1.165) is 35.9 Å². The number of halogens is 2. The summed E-state index contributed by atoms with van der Waals surface area (Å²) in [5, 5.41) is 0. The van der Waals surface area contributed by atoms with Crippen molar-refractivity contribution in [1.82, 2.24) is 0 Å². The highest BCUT2D eigenvalue weighted by molar-refractivity contribution is 5.69. The van der Waals surface area contributed by atoms with Crippen LogP contribution in [0.25, 0.3) is 11.3 Å². The zero-order valence-corrected chi connectivity index (χ0v) is 13.7. The van der Waals surface area contributed by atoms with Crippen LogP contribution in [0, 0.1) is 18.6 Å². The molecule has 4 rings (SSSR count). The molecule has 0 saturated carbocycles. The lowest BCUT2D eigenvalue weighted by Crippen LogP contribution is -2.73. The number of pyridine rings is 1. The van der Waals surface area contributed by atoms with Gasteiger partial charge in [-0.25, -0.2) is 8.78 Å². The van der Waals surface area contributed by atoms with E-state index in [1.54, 1.807) is 0 Å². The molecule has 1 aliphatic heterocycles. The molecule has 0 N–H and O–H groups in total. The van der Waals surface area contributed by atoms with E-state index in [0.29, 0.717) is 5.56 Å². The van der Waals surface area contributed by atoms with E-state index in [2.05, 4.69) is 43.6 Å². The van der Waals surface area contributed by atoms with Crippen molar-refractivity contribution in [1.29, 1.82) is 0 Å². The van der Waals surface area contributed by atoms with Crippen molar-refractivity contribution in [3.8, 4) is 11.3 Å². The Morgan fingerprint density at radius 1 is 1.04 bits per heavy atom. The van der Waals surface area contributed by atoms with Gasteiger partial charge in [-0.2, -0.15) is 4.57 Å². The zero-order chi connectivity index (χ0) is 16.4. The number of nitrogens with zero attached hydrogens (tertiary/aromatic N) is 1. The topological polar surface area (TPSA) is 3.88 Å². The summed E-state index contributed by atoms with van der Waals surface area (Å²) in [5.41, 5.74) is 2.69. The van der Waals surface area contributed by atoms with Crippen LogP contribution in [-0.4, -0.2) is 0 Å². The second kappa shape index (κ2) is 4.50. The number of hydrogen-bond acceptors (Lipinski definition) is 0. The normalized spacial score (nSPS) is 27.0. The van der Waals surface area contributed by atoms with Crippen molar-refractivity contribution in [3.63, 3.8) is 0 Å². The van der Waals surface area contributed by atoms with E-state index in [9.17, 15) is 8.78 Å². The standard InChI is InChI=1S/C20H20F2N/c1-4-19-9-10-20(19,5-2)23-13(3)7-6-8-17(23)18-15(19)11-14(21)12-16(18)22/h6-12H,4-5H2,1-3H3/q+1. The van der Waals surface area contributed by atoms with Crippen LogP contribution in [0.1, 0.15) is 37.9 Å². The Balaban J connectivity index is 2.21. The van der Waals surface area contributed by atoms with Crippen LogP contribution in [0.2, 0.25) is 0 Å². The Kier molecular flexibility index (Phi) is 2.85. The fraction of sp³-hybridized carbons (Fsp3) is 0.350. The van der Waals surface area contributed by atoms with Crippen LogP contribution in [0.15, 0.2) is 42.5 Å². The summed E-state index contributed by atoms with van der Waals surface area (Å²) in [5.74, 6) is -0.974. The predicted octanol–water partition coefficient (Wildman–Crippen LogP) is 4.56. The van der Waals surface area contributed by atoms with Gasteiger partial charge in [-0.15, -0.1) is 0 Å². The average molecular weight is 312 g/mol. The van der Waals surface area contributed by atoms with E-state index in [4.69, 9.17) is 0 Å². The molecule has 1 aromatic carbocycles. The largest absolute Gasteiger partial charge is 0.216 e. The second-order valence-corrected chi connectivity index (χ2v) is 6.63. The number of hydrogen-bond donors (Lipinski definition) is 0. The molecule has 0 spiro atoms. The molecule has 23 heavy (non-hydrogen) atoms. The first-order chi connectivity index (χ1) is 11.0. The quantitative estimate of drug-likeness (QED) is 0.565. The van der Waals surface area contributed by atoms with Gasteiger partial charge in [-0.1, -0.05) is 19.9 Å². The Hall–Kier alpha value is -2.03. The monoisotopic (exact) mass is 312 g/mol. The maximum absolute atomic E-state index is 14.7. The van der Waals surface area contributed by atoms with E-state index in [1.807, 2.05) is 12.1 Å². The van der Waals surface area contributed by atoms with Crippen LogP contribution in [0.5, 0.6) is 0 Å². The lowest BCUT2D eigenvalue weighted by atomic mass is 9.52. The van der Waals surface area contributed by atoms with Gasteiger partial charge < -0.3 is 0 Å². The first-order valence-electron chi connectivity index (χ1n) is 8.23. The van der Waals surface area contributed by atoms with Gasteiger partial charge in [0.1, 0.15) is 11.6 Å². The smallest absolute Gasteiger partial charge is 0.207 e. The first kappa shape index (κ1) is 14.6. The number of allylic oxidation sites excluding steroid dienone is 2. The van der Waals surface area contributed by atoms with Gasteiger partial charge in [0.05, 0.1) is 11.0 Å². The number of fused-ring (bicyclic) bond motifs is 6. The first-order valence-corrected chi connectivity index (χ1v) is 8.23. The Bertz CT molecular complexity index is 855.